The highest BCUT2D eigenvalue weighted by atomic mass is 16.5. The zero-order valence-corrected chi connectivity index (χ0v) is 19.5. The number of benzene rings is 2. The van der Waals surface area contributed by atoms with Gasteiger partial charge < -0.3 is 19.9 Å². The molecule has 0 unspecified atom stereocenters. The summed E-state index contributed by atoms with van der Waals surface area (Å²) in [5.74, 6) is 0.0863. The van der Waals surface area contributed by atoms with Crippen LogP contribution in [0.4, 0.5) is 11.4 Å². The molecule has 2 aromatic rings. The average molecular weight is 450 g/mol. The Hall–Kier alpha value is -3.35. The summed E-state index contributed by atoms with van der Waals surface area (Å²) in [6, 6.07) is 13.5. The Kier molecular flexibility index (Phi) is 6.67. The largest absolute Gasteiger partial charge is 0.495 e. The van der Waals surface area contributed by atoms with Crippen molar-refractivity contribution in [1.29, 1.82) is 0 Å². The molecule has 0 aromatic heterocycles. The summed E-state index contributed by atoms with van der Waals surface area (Å²) in [6.07, 6.45) is 1.45. The predicted octanol–water partition coefficient (Wildman–Crippen LogP) is 3.54. The molecule has 7 heteroatoms. The van der Waals surface area contributed by atoms with E-state index in [1.807, 2.05) is 61.2 Å². The number of aryl methyl sites for hydroxylation is 2. The van der Waals surface area contributed by atoms with E-state index in [1.54, 1.807) is 12.0 Å². The second kappa shape index (κ2) is 9.65. The van der Waals surface area contributed by atoms with Gasteiger partial charge in [0, 0.05) is 37.7 Å². The number of nitrogens with one attached hydrogen (secondary N) is 1. The fraction of sp³-hybridized carbons (Fsp3) is 0.423. The van der Waals surface area contributed by atoms with Crippen molar-refractivity contribution in [3.8, 4) is 5.75 Å². The minimum Gasteiger partial charge on any atom is -0.495 e. The van der Waals surface area contributed by atoms with Crippen LogP contribution in [0.2, 0.25) is 0 Å². The molecular formula is C26H31N3O4. The van der Waals surface area contributed by atoms with Gasteiger partial charge in [-0.25, -0.2) is 0 Å². The smallest absolute Gasteiger partial charge is 0.228 e. The number of likely N-dealkylation sites (tertiary alicyclic amines) is 1. The Morgan fingerprint density at radius 3 is 2.30 bits per heavy atom. The molecule has 0 spiro atoms. The van der Waals surface area contributed by atoms with Crippen molar-refractivity contribution in [1.82, 2.24) is 4.90 Å². The Bertz CT molecular complexity index is 1040. The monoisotopic (exact) mass is 449 g/mol. The van der Waals surface area contributed by atoms with Crippen LogP contribution < -0.4 is 15.0 Å². The van der Waals surface area contributed by atoms with Gasteiger partial charge in [-0.05, 0) is 56.5 Å². The molecule has 2 aliphatic heterocycles. The lowest BCUT2D eigenvalue weighted by Crippen LogP contribution is -2.44. The summed E-state index contributed by atoms with van der Waals surface area (Å²) in [4.78, 5) is 42.0. The minimum absolute atomic E-state index is 0.0113. The van der Waals surface area contributed by atoms with Gasteiger partial charge in [-0.15, -0.1) is 0 Å². The fourth-order valence-electron chi connectivity index (χ4n) is 4.62. The van der Waals surface area contributed by atoms with Crippen molar-refractivity contribution in [2.24, 2.45) is 11.8 Å². The molecule has 2 heterocycles. The second-order valence-corrected chi connectivity index (χ2v) is 9.03. The molecule has 0 radical (unpaired) electrons. The molecule has 4 rings (SSSR count). The summed E-state index contributed by atoms with van der Waals surface area (Å²) >= 11 is 0. The first-order valence-corrected chi connectivity index (χ1v) is 11.5. The lowest BCUT2D eigenvalue weighted by molar-refractivity contribution is -0.138. The number of rotatable bonds is 5. The average Bonchev–Trinajstić information content (AvgIpc) is 3.21. The van der Waals surface area contributed by atoms with E-state index in [2.05, 4.69) is 5.32 Å². The molecule has 33 heavy (non-hydrogen) atoms. The molecule has 174 valence electrons. The first kappa shape index (κ1) is 22.8. The maximum atomic E-state index is 13.1. The Balaban J connectivity index is 1.32. The summed E-state index contributed by atoms with van der Waals surface area (Å²) in [7, 11) is 1.58. The van der Waals surface area contributed by atoms with Gasteiger partial charge in [0.15, 0.2) is 0 Å². The van der Waals surface area contributed by atoms with E-state index in [1.165, 1.54) is 0 Å². The lowest BCUT2D eigenvalue weighted by atomic mass is 9.94. The van der Waals surface area contributed by atoms with Gasteiger partial charge >= 0.3 is 0 Å². The predicted molar refractivity (Wildman–Crippen MR) is 127 cm³/mol. The molecule has 2 saturated heterocycles. The van der Waals surface area contributed by atoms with Crippen LogP contribution in [-0.4, -0.2) is 49.4 Å². The Morgan fingerprint density at radius 2 is 1.64 bits per heavy atom. The number of hydrogen-bond acceptors (Lipinski definition) is 4. The standard InChI is InChI=1S/C26H31N3O4/c1-17-4-7-21(8-5-17)29-16-20(15-24(29)30)26(32)28-12-10-19(11-13-28)25(31)27-22-14-18(2)6-9-23(22)33-3/h4-9,14,19-20H,10-13,15-16H2,1-3H3,(H,27,31)/t20-/m0/s1. The molecule has 3 amide bonds. The molecule has 2 aromatic carbocycles. The van der Waals surface area contributed by atoms with E-state index in [0.29, 0.717) is 43.9 Å². The molecule has 2 fully saturated rings. The summed E-state index contributed by atoms with van der Waals surface area (Å²) in [5, 5.41) is 2.99. The molecule has 2 aliphatic rings. The van der Waals surface area contributed by atoms with Gasteiger partial charge in [-0.1, -0.05) is 23.8 Å². The number of anilines is 2. The number of piperidine rings is 1. The minimum atomic E-state index is -0.333. The first-order chi connectivity index (χ1) is 15.9. The molecule has 1 atom stereocenters. The number of amides is 3. The molecule has 1 N–H and O–H groups in total. The Labute approximate surface area is 194 Å². The van der Waals surface area contributed by atoms with Crippen molar-refractivity contribution in [2.45, 2.75) is 33.1 Å². The van der Waals surface area contributed by atoms with Gasteiger partial charge in [-0.2, -0.15) is 0 Å². The molecule has 0 bridgehead atoms. The van der Waals surface area contributed by atoms with Crippen LogP contribution in [0.5, 0.6) is 5.75 Å². The molecular weight excluding hydrogens is 418 g/mol. The number of methoxy groups -OCH3 is 1. The van der Waals surface area contributed by atoms with E-state index in [4.69, 9.17) is 4.74 Å². The van der Waals surface area contributed by atoms with Crippen LogP contribution in [0.3, 0.4) is 0 Å². The van der Waals surface area contributed by atoms with Crippen molar-refractivity contribution < 1.29 is 19.1 Å². The van der Waals surface area contributed by atoms with Crippen LogP contribution in [-0.2, 0) is 14.4 Å². The third kappa shape index (κ3) is 5.02. The third-order valence-corrected chi connectivity index (χ3v) is 6.61. The van der Waals surface area contributed by atoms with Crippen LogP contribution in [0, 0.1) is 25.7 Å². The lowest BCUT2D eigenvalue weighted by Gasteiger charge is -2.33. The summed E-state index contributed by atoms with van der Waals surface area (Å²) in [5.41, 5.74) is 3.67. The number of nitrogens with zero attached hydrogens (tertiary/aromatic N) is 2. The van der Waals surface area contributed by atoms with E-state index in [9.17, 15) is 14.4 Å². The number of carbonyl (C=O) groups is 3. The SMILES string of the molecule is COc1ccc(C)cc1NC(=O)C1CCN(C(=O)[C@H]2CC(=O)N(c3ccc(C)cc3)C2)CC1. The van der Waals surface area contributed by atoms with Gasteiger partial charge in [0.2, 0.25) is 17.7 Å². The van der Waals surface area contributed by atoms with Crippen LogP contribution >= 0.6 is 0 Å². The van der Waals surface area contributed by atoms with Gasteiger partial charge in [0.1, 0.15) is 5.75 Å². The normalized spacial score (nSPS) is 19.0. The third-order valence-electron chi connectivity index (χ3n) is 6.61. The zero-order valence-electron chi connectivity index (χ0n) is 19.5. The quantitative estimate of drug-likeness (QED) is 0.757. The van der Waals surface area contributed by atoms with E-state index >= 15 is 0 Å². The van der Waals surface area contributed by atoms with Gasteiger partial charge in [0.25, 0.3) is 0 Å². The van der Waals surface area contributed by atoms with E-state index in [0.717, 1.165) is 16.8 Å². The maximum absolute atomic E-state index is 13.1. The van der Waals surface area contributed by atoms with Gasteiger partial charge in [-0.3, -0.25) is 14.4 Å². The number of carbonyl (C=O) groups excluding carboxylic acids is 3. The van der Waals surface area contributed by atoms with E-state index in [-0.39, 0.29) is 36.0 Å². The van der Waals surface area contributed by atoms with Crippen LogP contribution in [0.1, 0.15) is 30.4 Å². The number of hydrogen-bond donors (Lipinski definition) is 1. The van der Waals surface area contributed by atoms with E-state index < -0.39 is 0 Å². The number of ether oxygens (including phenoxy) is 1. The van der Waals surface area contributed by atoms with Crippen molar-refractivity contribution in [3.63, 3.8) is 0 Å². The molecule has 0 aliphatic carbocycles. The van der Waals surface area contributed by atoms with Crippen molar-refractivity contribution >= 4 is 29.1 Å². The molecule has 0 saturated carbocycles. The van der Waals surface area contributed by atoms with Crippen LogP contribution in [0.15, 0.2) is 42.5 Å². The summed E-state index contributed by atoms with van der Waals surface area (Å²) < 4.78 is 5.35. The van der Waals surface area contributed by atoms with Crippen molar-refractivity contribution in [3.05, 3.63) is 53.6 Å². The highest BCUT2D eigenvalue weighted by Crippen LogP contribution is 2.30. The molecule has 7 nitrogen and oxygen atoms in total. The van der Waals surface area contributed by atoms with Crippen molar-refractivity contribution in [2.75, 3.05) is 37.0 Å². The van der Waals surface area contributed by atoms with Gasteiger partial charge in [0.05, 0.1) is 18.7 Å². The van der Waals surface area contributed by atoms with Crippen LogP contribution in [0.25, 0.3) is 0 Å². The second-order valence-electron chi connectivity index (χ2n) is 9.03. The maximum Gasteiger partial charge on any atom is 0.228 e. The fourth-order valence-corrected chi connectivity index (χ4v) is 4.62. The highest BCUT2D eigenvalue weighted by Gasteiger charge is 2.38. The zero-order chi connectivity index (χ0) is 23.5. The Morgan fingerprint density at radius 1 is 0.970 bits per heavy atom. The topological polar surface area (TPSA) is 79.0 Å². The first-order valence-electron chi connectivity index (χ1n) is 11.5. The summed E-state index contributed by atoms with van der Waals surface area (Å²) in [6.45, 7) is 5.43. The highest BCUT2D eigenvalue weighted by molar-refractivity contribution is 6.00.